The first-order valence-electron chi connectivity index (χ1n) is 16.3. The third-order valence-corrected chi connectivity index (χ3v) is 17.0. The summed E-state index contributed by atoms with van der Waals surface area (Å²) in [7, 11) is -2.18. The minimum Gasteiger partial charge on any atom is -0.410 e. The highest BCUT2D eigenvalue weighted by molar-refractivity contribution is 14.1. The van der Waals surface area contributed by atoms with Crippen molar-refractivity contribution in [2.75, 3.05) is 6.61 Å². The largest absolute Gasteiger partial charge is 0.416 e. The number of nitrogens with zero attached hydrogens (tertiary/aromatic N) is 1. The zero-order valence-corrected chi connectivity index (χ0v) is 30.3. The molecule has 6 rings (SSSR count). The number of aromatic nitrogens is 1. The van der Waals surface area contributed by atoms with Gasteiger partial charge in [0.2, 0.25) is 0 Å². The number of halogens is 4. The van der Waals surface area contributed by atoms with Crippen LogP contribution >= 0.6 is 22.6 Å². The van der Waals surface area contributed by atoms with Crippen molar-refractivity contribution in [3.05, 3.63) is 63.5 Å². The summed E-state index contributed by atoms with van der Waals surface area (Å²) in [5.74, 6) is 0. The van der Waals surface area contributed by atoms with E-state index in [-0.39, 0.29) is 26.6 Å². The molecule has 2 aliphatic heterocycles. The summed E-state index contributed by atoms with van der Waals surface area (Å²) in [4.78, 5) is 5.51. The van der Waals surface area contributed by atoms with Gasteiger partial charge in [0.25, 0.3) is 0 Å². The molecule has 44 heavy (non-hydrogen) atoms. The first-order valence-corrected chi connectivity index (χ1v) is 20.4. The summed E-state index contributed by atoms with van der Waals surface area (Å²) in [5.41, 5.74) is 5.02. The van der Waals surface area contributed by atoms with Gasteiger partial charge in [-0.1, -0.05) is 69.3 Å². The summed E-state index contributed by atoms with van der Waals surface area (Å²) < 4.78 is 62.0. The van der Waals surface area contributed by atoms with Gasteiger partial charge < -0.3 is 13.9 Å². The van der Waals surface area contributed by atoms with E-state index in [0.717, 1.165) is 73.9 Å². The minimum absolute atomic E-state index is 0.00478. The lowest BCUT2D eigenvalue weighted by Gasteiger charge is -2.46. The summed E-state index contributed by atoms with van der Waals surface area (Å²) >= 11 is 2.57. The summed E-state index contributed by atoms with van der Waals surface area (Å²) in [6.07, 6.45) is 2.49. The van der Waals surface area contributed by atoms with Gasteiger partial charge in [-0.25, -0.2) is 0 Å². The fourth-order valence-corrected chi connectivity index (χ4v) is 10.1. The van der Waals surface area contributed by atoms with Crippen LogP contribution in [0.3, 0.4) is 0 Å². The third-order valence-electron chi connectivity index (χ3n) is 10.9. The average molecular weight is 742 g/mol. The standard InChI is InChI=1S/C35H47F3INO3Si/c1-32(2,3)44(6,7)43-25-20-33(4,5)19-23-27(25)29-28(30(40-23)24-11-8-9-18-41-24)31(42-34(29)17-10-12-26(34)39)21-13-15-22(16-14-21)35(36,37)38/h13-16,24-26,31H,8-12,17-20H2,1-7H3/t24?,25-,26?,31-,34?/m0/s1. The predicted molar refractivity (Wildman–Crippen MR) is 178 cm³/mol. The Labute approximate surface area is 275 Å². The quantitative estimate of drug-likeness (QED) is 0.178. The summed E-state index contributed by atoms with van der Waals surface area (Å²) in [6.45, 7) is 16.8. The van der Waals surface area contributed by atoms with Crippen LogP contribution in [0.25, 0.3) is 0 Å². The molecule has 1 aromatic heterocycles. The second kappa shape index (κ2) is 11.3. The Morgan fingerprint density at radius 1 is 1.00 bits per heavy atom. The zero-order valence-electron chi connectivity index (χ0n) is 27.2. The Morgan fingerprint density at radius 3 is 2.27 bits per heavy atom. The van der Waals surface area contributed by atoms with Crippen LogP contribution in [0.2, 0.25) is 18.1 Å². The zero-order chi connectivity index (χ0) is 31.9. The van der Waals surface area contributed by atoms with Gasteiger partial charge in [-0.2, -0.15) is 13.2 Å². The highest BCUT2D eigenvalue weighted by Crippen LogP contribution is 2.62. The van der Waals surface area contributed by atoms with E-state index >= 15 is 0 Å². The van der Waals surface area contributed by atoms with Crippen LogP contribution in [-0.2, 0) is 32.1 Å². The highest BCUT2D eigenvalue weighted by Gasteiger charge is 2.57. The molecule has 0 N–H and O–H groups in total. The highest BCUT2D eigenvalue weighted by atomic mass is 127. The number of fused-ring (bicyclic) bond motifs is 4. The van der Waals surface area contributed by atoms with Gasteiger partial charge in [-0.15, -0.1) is 0 Å². The Morgan fingerprint density at radius 2 is 1.70 bits per heavy atom. The number of pyridine rings is 1. The van der Waals surface area contributed by atoms with Gasteiger partial charge in [0.15, 0.2) is 8.32 Å². The predicted octanol–water partition coefficient (Wildman–Crippen LogP) is 10.7. The van der Waals surface area contributed by atoms with Crippen LogP contribution < -0.4 is 0 Å². The Balaban J connectivity index is 1.61. The first-order chi connectivity index (χ1) is 20.4. The van der Waals surface area contributed by atoms with E-state index in [0.29, 0.717) is 6.61 Å². The molecule has 9 heteroatoms. The van der Waals surface area contributed by atoms with Gasteiger partial charge in [0, 0.05) is 32.9 Å². The normalized spacial score (nSPS) is 30.4. The number of ether oxygens (including phenoxy) is 2. The average Bonchev–Trinajstić information content (AvgIpc) is 3.47. The first kappa shape index (κ1) is 32.9. The molecule has 1 spiro atoms. The van der Waals surface area contributed by atoms with Crippen LogP contribution in [0.1, 0.15) is 137 Å². The van der Waals surface area contributed by atoms with Gasteiger partial charge in [0.05, 0.1) is 23.5 Å². The van der Waals surface area contributed by atoms with Crippen molar-refractivity contribution < 1.29 is 27.1 Å². The van der Waals surface area contributed by atoms with Gasteiger partial charge in [-0.05, 0) is 92.6 Å². The maximum atomic E-state index is 13.6. The van der Waals surface area contributed by atoms with Crippen molar-refractivity contribution in [3.8, 4) is 0 Å². The van der Waals surface area contributed by atoms with Crippen molar-refractivity contribution in [2.24, 2.45) is 5.41 Å². The lowest BCUT2D eigenvalue weighted by atomic mass is 9.70. The Hall–Kier alpha value is -1.01. The number of alkyl halides is 4. The lowest BCUT2D eigenvalue weighted by Crippen LogP contribution is -2.44. The molecule has 4 aliphatic rings. The second-order valence-electron chi connectivity index (χ2n) is 15.8. The summed E-state index contributed by atoms with van der Waals surface area (Å²) in [6, 6.07) is 5.58. The lowest BCUT2D eigenvalue weighted by molar-refractivity contribution is -0.137. The molecule has 1 saturated heterocycles. The number of rotatable bonds is 4. The number of hydrogen-bond acceptors (Lipinski definition) is 4. The molecular weight excluding hydrogens is 694 g/mol. The van der Waals surface area contributed by atoms with Crippen molar-refractivity contribution in [1.29, 1.82) is 0 Å². The maximum absolute atomic E-state index is 13.6. The maximum Gasteiger partial charge on any atom is 0.416 e. The topological polar surface area (TPSA) is 40.6 Å². The molecule has 2 fully saturated rings. The molecule has 0 bridgehead atoms. The molecule has 0 amide bonds. The molecule has 242 valence electrons. The summed E-state index contributed by atoms with van der Waals surface area (Å²) in [5, 5.41) is 0.0390. The van der Waals surface area contributed by atoms with E-state index in [1.54, 1.807) is 12.1 Å². The Kier molecular flexibility index (Phi) is 8.46. The monoisotopic (exact) mass is 741 g/mol. The van der Waals surface area contributed by atoms with E-state index in [1.807, 2.05) is 0 Å². The second-order valence-corrected chi connectivity index (χ2v) is 22.0. The van der Waals surface area contributed by atoms with Crippen molar-refractivity contribution >= 4 is 30.9 Å². The third kappa shape index (κ3) is 5.73. The molecular formula is C35H47F3INO3Si. The molecule has 2 aliphatic carbocycles. The molecule has 4 nitrogen and oxygen atoms in total. The Bertz CT molecular complexity index is 1400. The molecule has 3 unspecified atom stereocenters. The van der Waals surface area contributed by atoms with E-state index in [4.69, 9.17) is 18.9 Å². The van der Waals surface area contributed by atoms with Crippen LogP contribution in [0.15, 0.2) is 24.3 Å². The van der Waals surface area contributed by atoms with Crippen LogP contribution in [0.4, 0.5) is 13.2 Å². The van der Waals surface area contributed by atoms with Gasteiger partial charge in [0.1, 0.15) is 11.7 Å². The molecule has 1 saturated carbocycles. The van der Waals surface area contributed by atoms with Gasteiger partial charge in [-0.3, -0.25) is 4.98 Å². The molecule has 5 atom stereocenters. The molecule has 2 aromatic rings. The SMILES string of the molecule is CC1(C)Cc2nc(C3CCCCO3)c3c(c2[C@@H](O[Si](C)(C)C(C)(C)C)C1)C1(CCCC1I)O[C@H]3c1ccc(C(F)(F)F)cc1. The molecule has 3 heterocycles. The van der Waals surface area contributed by atoms with Crippen molar-refractivity contribution in [1.82, 2.24) is 4.98 Å². The van der Waals surface area contributed by atoms with E-state index < -0.39 is 31.8 Å². The van der Waals surface area contributed by atoms with Gasteiger partial charge >= 0.3 is 6.18 Å². The molecule has 1 aromatic carbocycles. The fraction of sp³-hybridized carbons (Fsp3) is 0.686. The van der Waals surface area contributed by atoms with Crippen LogP contribution in [0.5, 0.6) is 0 Å². The number of benzene rings is 1. The van der Waals surface area contributed by atoms with E-state index in [2.05, 4.69) is 70.3 Å². The van der Waals surface area contributed by atoms with E-state index in [1.165, 1.54) is 23.3 Å². The van der Waals surface area contributed by atoms with Crippen molar-refractivity contribution in [3.63, 3.8) is 0 Å². The fourth-order valence-electron chi connectivity index (χ4n) is 7.61. The van der Waals surface area contributed by atoms with Crippen LogP contribution in [0, 0.1) is 5.41 Å². The van der Waals surface area contributed by atoms with Crippen LogP contribution in [-0.4, -0.2) is 23.8 Å². The minimum atomic E-state index is -4.39. The number of hydrogen-bond donors (Lipinski definition) is 0. The van der Waals surface area contributed by atoms with Crippen molar-refractivity contribution in [2.45, 2.75) is 138 Å². The molecule has 0 radical (unpaired) electrons. The van der Waals surface area contributed by atoms with E-state index in [9.17, 15) is 13.2 Å². The smallest absolute Gasteiger partial charge is 0.410 e.